The monoisotopic (exact) mass is 510 g/mol. The van der Waals surface area contributed by atoms with E-state index >= 15 is 0 Å². The van der Waals surface area contributed by atoms with Gasteiger partial charge in [-0.15, -0.1) is 22.7 Å². The van der Waals surface area contributed by atoms with Gasteiger partial charge in [0.15, 0.2) is 28.1 Å². The van der Waals surface area contributed by atoms with Crippen LogP contribution in [0.1, 0.15) is 45.2 Å². The minimum atomic E-state index is -0.711. The SMILES string of the molecule is O=C(Cc1c(F)cccc1F)c1nc2c(s1)C1=C(CCC2)CCN(c2nc(-c3cnco3)cs2)C1. The maximum Gasteiger partial charge on any atom is 0.195 e. The number of thiazole rings is 2. The summed E-state index contributed by atoms with van der Waals surface area (Å²) in [5, 5.41) is 3.18. The van der Waals surface area contributed by atoms with Gasteiger partial charge in [-0.2, -0.15) is 0 Å². The standard InChI is InChI=1S/C25H20F2N4O2S2/c26-17-4-2-5-18(27)15(17)9-21(32)24-29-19-6-1-3-14-7-8-31(11-16(14)23(19)35-24)25-30-20(12-34-25)22-10-28-13-33-22/h2,4-5,10,12-13H,1,3,6-9,11H2. The lowest BCUT2D eigenvalue weighted by molar-refractivity contribution is 0.0990. The molecule has 3 aromatic heterocycles. The van der Waals surface area contributed by atoms with E-state index in [1.165, 1.54) is 47.1 Å². The molecule has 10 heteroatoms. The molecule has 0 unspecified atom stereocenters. The molecule has 1 aliphatic carbocycles. The molecule has 6 nitrogen and oxygen atoms in total. The van der Waals surface area contributed by atoms with Gasteiger partial charge in [0, 0.05) is 30.5 Å². The van der Waals surface area contributed by atoms with Crippen molar-refractivity contribution in [3.05, 3.63) is 74.5 Å². The van der Waals surface area contributed by atoms with Crippen LogP contribution < -0.4 is 4.90 Å². The largest absolute Gasteiger partial charge is 0.442 e. The average Bonchev–Trinajstić information content (AvgIpc) is 3.61. The number of nitrogens with zero attached hydrogens (tertiary/aromatic N) is 4. The maximum atomic E-state index is 14.1. The summed E-state index contributed by atoms with van der Waals surface area (Å²) in [6.07, 6.45) is 6.39. The van der Waals surface area contributed by atoms with Crippen LogP contribution in [0.5, 0.6) is 0 Å². The Bertz CT molecular complexity index is 1420. The summed E-state index contributed by atoms with van der Waals surface area (Å²) in [6, 6.07) is 3.63. The maximum absolute atomic E-state index is 14.1. The van der Waals surface area contributed by atoms with Gasteiger partial charge >= 0.3 is 0 Å². The number of Topliss-reactive ketones (excluding diaryl/α,β-unsaturated/α-hetero) is 1. The summed E-state index contributed by atoms with van der Waals surface area (Å²) < 4.78 is 33.5. The molecule has 0 radical (unpaired) electrons. The molecule has 0 amide bonds. The number of aromatic nitrogens is 3. The van der Waals surface area contributed by atoms with Crippen LogP contribution in [-0.2, 0) is 12.8 Å². The highest BCUT2D eigenvalue weighted by molar-refractivity contribution is 7.15. The van der Waals surface area contributed by atoms with Crippen LogP contribution in [0.2, 0.25) is 0 Å². The van der Waals surface area contributed by atoms with Crippen molar-refractivity contribution in [1.82, 2.24) is 15.0 Å². The average molecular weight is 511 g/mol. The molecule has 1 aliphatic heterocycles. The van der Waals surface area contributed by atoms with Crippen molar-refractivity contribution in [3.8, 4) is 11.5 Å². The van der Waals surface area contributed by atoms with Crippen molar-refractivity contribution in [3.63, 3.8) is 0 Å². The number of carbonyl (C=O) groups is 1. The number of ketones is 1. The number of halogens is 2. The Morgan fingerprint density at radius 3 is 2.80 bits per heavy atom. The Labute approximate surface area is 208 Å². The first-order valence-electron chi connectivity index (χ1n) is 11.3. The van der Waals surface area contributed by atoms with Crippen LogP contribution in [0.25, 0.3) is 17.0 Å². The van der Waals surface area contributed by atoms with E-state index in [-0.39, 0.29) is 17.8 Å². The lowest BCUT2D eigenvalue weighted by Crippen LogP contribution is -2.30. The zero-order valence-corrected chi connectivity index (χ0v) is 20.2. The van der Waals surface area contributed by atoms with Crippen molar-refractivity contribution in [2.45, 2.75) is 32.1 Å². The Hall–Kier alpha value is -3.24. The van der Waals surface area contributed by atoms with Crippen LogP contribution in [0.3, 0.4) is 0 Å². The number of anilines is 1. The first-order valence-corrected chi connectivity index (χ1v) is 13.0. The fourth-order valence-corrected chi connectivity index (χ4v) is 6.60. The first kappa shape index (κ1) is 22.2. The molecular formula is C25H20F2N4O2S2. The topological polar surface area (TPSA) is 72.1 Å². The van der Waals surface area contributed by atoms with Crippen molar-refractivity contribution < 1.29 is 18.0 Å². The molecule has 0 saturated heterocycles. The van der Waals surface area contributed by atoms with Crippen molar-refractivity contribution in [2.24, 2.45) is 0 Å². The molecular weight excluding hydrogens is 490 g/mol. The van der Waals surface area contributed by atoms with Gasteiger partial charge in [-0.05, 0) is 43.4 Å². The van der Waals surface area contributed by atoms with Crippen LogP contribution in [-0.4, -0.2) is 33.8 Å². The Morgan fingerprint density at radius 1 is 1.14 bits per heavy atom. The summed E-state index contributed by atoms with van der Waals surface area (Å²) in [6.45, 7) is 1.55. The van der Waals surface area contributed by atoms with E-state index in [1.807, 2.05) is 5.38 Å². The van der Waals surface area contributed by atoms with Gasteiger partial charge in [0.25, 0.3) is 0 Å². The van der Waals surface area contributed by atoms with E-state index in [0.717, 1.165) is 53.6 Å². The zero-order valence-electron chi connectivity index (χ0n) is 18.6. The lowest BCUT2D eigenvalue weighted by Gasteiger charge is -2.30. The van der Waals surface area contributed by atoms with Gasteiger partial charge in [0.2, 0.25) is 0 Å². The zero-order chi connectivity index (χ0) is 23.9. The third-order valence-corrected chi connectivity index (χ3v) is 8.51. The normalized spacial score (nSPS) is 15.7. The predicted molar refractivity (Wildman–Crippen MR) is 131 cm³/mol. The number of oxazole rings is 1. The van der Waals surface area contributed by atoms with E-state index in [0.29, 0.717) is 17.3 Å². The molecule has 4 heterocycles. The number of benzene rings is 1. The minimum absolute atomic E-state index is 0.210. The Balaban J connectivity index is 1.27. The highest BCUT2D eigenvalue weighted by Crippen LogP contribution is 2.40. The first-order chi connectivity index (χ1) is 17.1. The highest BCUT2D eigenvalue weighted by atomic mass is 32.1. The molecule has 0 bridgehead atoms. The third kappa shape index (κ3) is 4.21. The third-order valence-electron chi connectivity index (χ3n) is 6.41. The van der Waals surface area contributed by atoms with Gasteiger partial charge in [-0.1, -0.05) is 11.6 Å². The van der Waals surface area contributed by atoms with Crippen molar-refractivity contribution in [1.29, 1.82) is 0 Å². The molecule has 6 rings (SSSR count). The van der Waals surface area contributed by atoms with E-state index in [9.17, 15) is 13.6 Å². The number of fused-ring (bicyclic) bond motifs is 2. The molecule has 1 aromatic carbocycles. The van der Waals surface area contributed by atoms with E-state index in [1.54, 1.807) is 17.5 Å². The van der Waals surface area contributed by atoms with E-state index < -0.39 is 11.6 Å². The number of rotatable bonds is 5. The molecule has 0 saturated carbocycles. The Morgan fingerprint density at radius 2 is 2.00 bits per heavy atom. The van der Waals surface area contributed by atoms with Crippen molar-refractivity contribution in [2.75, 3.05) is 18.0 Å². The van der Waals surface area contributed by atoms with Crippen LogP contribution in [0.4, 0.5) is 13.9 Å². The van der Waals surface area contributed by atoms with Gasteiger partial charge in [-0.3, -0.25) is 4.79 Å². The number of hydrogen-bond acceptors (Lipinski definition) is 8. The van der Waals surface area contributed by atoms with Gasteiger partial charge in [-0.25, -0.2) is 23.7 Å². The second-order valence-electron chi connectivity index (χ2n) is 8.58. The molecule has 35 heavy (non-hydrogen) atoms. The molecule has 0 atom stereocenters. The minimum Gasteiger partial charge on any atom is -0.442 e. The second-order valence-corrected chi connectivity index (χ2v) is 10.4. The summed E-state index contributed by atoms with van der Waals surface area (Å²) in [5.41, 5.74) is 4.05. The molecule has 0 fully saturated rings. The molecule has 2 aliphatic rings. The molecule has 178 valence electrons. The smallest absolute Gasteiger partial charge is 0.195 e. The quantitative estimate of drug-likeness (QED) is 0.309. The fraction of sp³-hybridized carbons (Fsp3) is 0.280. The van der Waals surface area contributed by atoms with Crippen LogP contribution >= 0.6 is 22.7 Å². The summed E-state index contributed by atoms with van der Waals surface area (Å²) in [5.74, 6) is -1.15. The predicted octanol–water partition coefficient (Wildman–Crippen LogP) is 5.96. The molecule has 4 aromatic rings. The fourth-order valence-electron chi connectivity index (χ4n) is 4.62. The lowest BCUT2D eigenvalue weighted by atomic mass is 9.97. The van der Waals surface area contributed by atoms with Gasteiger partial charge in [0.1, 0.15) is 17.3 Å². The van der Waals surface area contributed by atoms with Crippen molar-refractivity contribution >= 4 is 39.2 Å². The second kappa shape index (κ2) is 9.09. The summed E-state index contributed by atoms with van der Waals surface area (Å²) >= 11 is 2.90. The van der Waals surface area contributed by atoms with Crippen LogP contribution in [0, 0.1) is 11.6 Å². The Kier molecular flexibility index (Phi) is 5.77. The summed E-state index contributed by atoms with van der Waals surface area (Å²) in [7, 11) is 0. The number of carbonyl (C=O) groups excluding carboxylic acids is 1. The number of hydrogen-bond donors (Lipinski definition) is 0. The van der Waals surface area contributed by atoms with E-state index in [4.69, 9.17) is 9.40 Å². The molecule has 0 N–H and O–H groups in total. The highest BCUT2D eigenvalue weighted by Gasteiger charge is 2.29. The molecule has 0 spiro atoms. The number of aryl methyl sites for hydroxylation is 1. The summed E-state index contributed by atoms with van der Waals surface area (Å²) in [4.78, 5) is 29.6. The van der Waals surface area contributed by atoms with Gasteiger partial charge < -0.3 is 9.32 Å². The van der Waals surface area contributed by atoms with E-state index in [2.05, 4.69) is 14.9 Å². The van der Waals surface area contributed by atoms with Gasteiger partial charge in [0.05, 0.1) is 16.8 Å². The van der Waals surface area contributed by atoms with Crippen LogP contribution in [0.15, 0.2) is 46.2 Å².